The molecule has 0 aliphatic carbocycles. The predicted octanol–water partition coefficient (Wildman–Crippen LogP) is 3.30. The Labute approximate surface area is 134 Å². The molecule has 0 atom stereocenters. The molecule has 0 bridgehead atoms. The highest BCUT2D eigenvalue weighted by molar-refractivity contribution is 14.0. The third-order valence-electron chi connectivity index (χ3n) is 2.56. The molecule has 0 fully saturated rings. The number of benzene rings is 1. The first-order chi connectivity index (χ1) is 8.65. The van der Waals surface area contributed by atoms with E-state index in [0.717, 1.165) is 16.3 Å². The van der Waals surface area contributed by atoms with Crippen molar-refractivity contribution >= 4 is 47.0 Å². The SMILES string of the molecule is Cc1ccc(NC(N)=NCc2scnc2C)cc1.I. The van der Waals surface area contributed by atoms with E-state index in [1.807, 2.05) is 43.6 Å². The van der Waals surface area contributed by atoms with Gasteiger partial charge in [-0.2, -0.15) is 0 Å². The number of rotatable bonds is 3. The van der Waals surface area contributed by atoms with E-state index < -0.39 is 0 Å². The van der Waals surface area contributed by atoms with Gasteiger partial charge in [0, 0.05) is 10.6 Å². The monoisotopic (exact) mass is 388 g/mol. The van der Waals surface area contributed by atoms with Crippen LogP contribution in [0.5, 0.6) is 0 Å². The highest BCUT2D eigenvalue weighted by atomic mass is 127. The van der Waals surface area contributed by atoms with Crippen LogP contribution in [-0.2, 0) is 6.54 Å². The fourth-order valence-electron chi connectivity index (χ4n) is 1.46. The number of nitrogens with zero attached hydrogens (tertiary/aromatic N) is 2. The summed E-state index contributed by atoms with van der Waals surface area (Å²) in [6.45, 7) is 4.60. The standard InChI is InChI=1S/C13H16N4S.HI/c1-9-3-5-11(6-4-9)17-13(14)15-7-12-10(2)16-8-18-12;/h3-6,8H,7H2,1-2H3,(H3,14,15,17);1H. The molecule has 4 nitrogen and oxygen atoms in total. The number of guanidine groups is 1. The van der Waals surface area contributed by atoms with Crippen molar-refractivity contribution in [2.24, 2.45) is 10.7 Å². The zero-order chi connectivity index (χ0) is 13.0. The summed E-state index contributed by atoms with van der Waals surface area (Å²) in [5, 5.41) is 3.06. The summed E-state index contributed by atoms with van der Waals surface area (Å²) >= 11 is 1.60. The number of hydrogen-bond acceptors (Lipinski definition) is 3. The lowest BCUT2D eigenvalue weighted by molar-refractivity contribution is 1.05. The molecule has 0 aliphatic heterocycles. The van der Waals surface area contributed by atoms with E-state index in [1.165, 1.54) is 5.56 Å². The molecule has 102 valence electrons. The molecule has 2 rings (SSSR count). The molecule has 0 amide bonds. The Kier molecular flexibility index (Phi) is 6.23. The van der Waals surface area contributed by atoms with Crippen molar-refractivity contribution in [3.63, 3.8) is 0 Å². The van der Waals surface area contributed by atoms with E-state index in [9.17, 15) is 0 Å². The maximum Gasteiger partial charge on any atom is 0.193 e. The number of aliphatic imine (C=N–C) groups is 1. The number of aryl methyl sites for hydroxylation is 2. The fourth-order valence-corrected chi connectivity index (χ4v) is 2.16. The van der Waals surface area contributed by atoms with E-state index in [1.54, 1.807) is 11.3 Å². The number of nitrogens with one attached hydrogen (secondary N) is 1. The van der Waals surface area contributed by atoms with Gasteiger partial charge in [0.15, 0.2) is 5.96 Å². The van der Waals surface area contributed by atoms with Crippen molar-refractivity contribution in [1.82, 2.24) is 4.98 Å². The van der Waals surface area contributed by atoms with Crippen LogP contribution < -0.4 is 11.1 Å². The van der Waals surface area contributed by atoms with Crippen molar-refractivity contribution in [2.45, 2.75) is 20.4 Å². The Morgan fingerprint density at radius 1 is 1.32 bits per heavy atom. The quantitative estimate of drug-likeness (QED) is 0.482. The highest BCUT2D eigenvalue weighted by Crippen LogP contribution is 2.13. The van der Waals surface area contributed by atoms with Crippen LogP contribution in [0.15, 0.2) is 34.8 Å². The van der Waals surface area contributed by atoms with Crippen LogP contribution >= 0.6 is 35.3 Å². The third-order valence-corrected chi connectivity index (χ3v) is 3.48. The topological polar surface area (TPSA) is 63.3 Å². The van der Waals surface area contributed by atoms with Gasteiger partial charge in [-0.05, 0) is 26.0 Å². The van der Waals surface area contributed by atoms with Crippen LogP contribution in [0.25, 0.3) is 0 Å². The van der Waals surface area contributed by atoms with Crippen LogP contribution in [-0.4, -0.2) is 10.9 Å². The molecular formula is C13H17IN4S. The summed E-state index contributed by atoms with van der Waals surface area (Å²) in [6.07, 6.45) is 0. The molecule has 3 N–H and O–H groups in total. The van der Waals surface area contributed by atoms with Crippen molar-refractivity contribution in [1.29, 1.82) is 0 Å². The van der Waals surface area contributed by atoms with Crippen LogP contribution in [0, 0.1) is 13.8 Å². The third kappa shape index (κ3) is 4.79. The largest absolute Gasteiger partial charge is 0.370 e. The van der Waals surface area contributed by atoms with Gasteiger partial charge >= 0.3 is 0 Å². The summed E-state index contributed by atoms with van der Waals surface area (Å²) in [5.41, 5.74) is 10.8. The maximum absolute atomic E-state index is 5.83. The van der Waals surface area contributed by atoms with Gasteiger partial charge in [-0.1, -0.05) is 17.7 Å². The van der Waals surface area contributed by atoms with Crippen LogP contribution in [0.4, 0.5) is 5.69 Å². The number of hydrogen-bond donors (Lipinski definition) is 2. The molecule has 0 aliphatic rings. The van der Waals surface area contributed by atoms with E-state index in [4.69, 9.17) is 5.73 Å². The maximum atomic E-state index is 5.83. The van der Waals surface area contributed by atoms with Crippen LogP contribution in [0.3, 0.4) is 0 Å². The van der Waals surface area contributed by atoms with Gasteiger partial charge in [-0.15, -0.1) is 35.3 Å². The molecule has 0 saturated carbocycles. The Balaban J connectivity index is 0.00000180. The smallest absolute Gasteiger partial charge is 0.193 e. The minimum absolute atomic E-state index is 0. The number of thiazole rings is 1. The second-order valence-electron chi connectivity index (χ2n) is 4.05. The lowest BCUT2D eigenvalue weighted by Gasteiger charge is -2.05. The second-order valence-corrected chi connectivity index (χ2v) is 4.99. The molecule has 19 heavy (non-hydrogen) atoms. The molecule has 2 aromatic rings. The van der Waals surface area contributed by atoms with Crippen LogP contribution in [0.1, 0.15) is 16.1 Å². The van der Waals surface area contributed by atoms with Crippen molar-refractivity contribution < 1.29 is 0 Å². The van der Waals surface area contributed by atoms with Gasteiger partial charge in [0.1, 0.15) is 0 Å². The van der Waals surface area contributed by atoms with Crippen LogP contribution in [0.2, 0.25) is 0 Å². The van der Waals surface area contributed by atoms with Crippen molar-refractivity contribution in [2.75, 3.05) is 5.32 Å². The average Bonchev–Trinajstić information content (AvgIpc) is 2.75. The van der Waals surface area contributed by atoms with Crippen molar-refractivity contribution in [3.8, 4) is 0 Å². The summed E-state index contributed by atoms with van der Waals surface area (Å²) < 4.78 is 0. The molecule has 6 heteroatoms. The summed E-state index contributed by atoms with van der Waals surface area (Å²) in [5.74, 6) is 0.423. The van der Waals surface area contributed by atoms with E-state index >= 15 is 0 Å². The van der Waals surface area contributed by atoms with Gasteiger partial charge in [-0.25, -0.2) is 9.98 Å². The van der Waals surface area contributed by atoms with E-state index in [2.05, 4.69) is 15.3 Å². The molecule has 0 radical (unpaired) electrons. The molecular weight excluding hydrogens is 371 g/mol. The van der Waals surface area contributed by atoms with Gasteiger partial charge in [0.25, 0.3) is 0 Å². The first-order valence-corrected chi connectivity index (χ1v) is 6.55. The minimum atomic E-state index is 0. The molecule has 0 unspecified atom stereocenters. The molecule has 0 spiro atoms. The Morgan fingerprint density at radius 2 is 2.00 bits per heavy atom. The number of aromatic nitrogens is 1. The fraction of sp³-hybridized carbons (Fsp3) is 0.231. The Bertz CT molecular complexity index is 548. The molecule has 1 aromatic carbocycles. The second kappa shape index (κ2) is 7.44. The first-order valence-electron chi connectivity index (χ1n) is 5.68. The Morgan fingerprint density at radius 3 is 2.58 bits per heavy atom. The van der Waals surface area contributed by atoms with Crippen molar-refractivity contribution in [3.05, 3.63) is 45.9 Å². The lowest BCUT2D eigenvalue weighted by atomic mass is 10.2. The average molecular weight is 388 g/mol. The van der Waals surface area contributed by atoms with Gasteiger partial charge in [0.2, 0.25) is 0 Å². The van der Waals surface area contributed by atoms with Gasteiger partial charge < -0.3 is 11.1 Å². The normalized spacial score (nSPS) is 10.9. The predicted molar refractivity (Wildman–Crippen MR) is 92.4 cm³/mol. The molecule has 1 heterocycles. The lowest BCUT2D eigenvalue weighted by Crippen LogP contribution is -2.22. The Hall–Kier alpha value is -1.15. The number of anilines is 1. The first kappa shape index (κ1) is 15.9. The summed E-state index contributed by atoms with van der Waals surface area (Å²) in [7, 11) is 0. The number of nitrogens with two attached hydrogens (primary N) is 1. The zero-order valence-corrected chi connectivity index (χ0v) is 14.0. The summed E-state index contributed by atoms with van der Waals surface area (Å²) in [4.78, 5) is 9.62. The van der Waals surface area contributed by atoms with E-state index in [0.29, 0.717) is 12.5 Å². The highest BCUT2D eigenvalue weighted by Gasteiger charge is 2.00. The number of halogens is 1. The van der Waals surface area contributed by atoms with Gasteiger partial charge in [-0.3, -0.25) is 0 Å². The molecule has 0 saturated heterocycles. The van der Waals surface area contributed by atoms with E-state index in [-0.39, 0.29) is 24.0 Å². The minimum Gasteiger partial charge on any atom is -0.370 e. The molecule has 1 aromatic heterocycles. The zero-order valence-electron chi connectivity index (χ0n) is 10.9. The van der Waals surface area contributed by atoms with Gasteiger partial charge in [0.05, 0.1) is 17.7 Å². The summed E-state index contributed by atoms with van der Waals surface area (Å²) in [6, 6.07) is 8.03.